The van der Waals surface area contributed by atoms with E-state index >= 15 is 0 Å². The van der Waals surface area contributed by atoms with Crippen molar-refractivity contribution in [2.75, 3.05) is 0 Å². The number of amides is 1. The zero-order valence-electron chi connectivity index (χ0n) is 12.3. The molecule has 0 radical (unpaired) electrons. The molecule has 1 rings (SSSR count). The smallest absolute Gasteiger partial charge is 0.408 e. The number of carboxylic acid groups (broad SMARTS) is 1. The molecule has 0 heterocycles. The Morgan fingerprint density at radius 3 is 2.55 bits per heavy atom. The van der Waals surface area contributed by atoms with Gasteiger partial charge in [-0.05, 0) is 46.0 Å². The highest BCUT2D eigenvalue weighted by molar-refractivity contribution is 9.09. The molecule has 1 fully saturated rings. The van der Waals surface area contributed by atoms with Gasteiger partial charge in [0.05, 0.1) is 0 Å². The molecule has 20 heavy (non-hydrogen) atoms. The summed E-state index contributed by atoms with van der Waals surface area (Å²) in [5.41, 5.74) is -0.626. The van der Waals surface area contributed by atoms with E-state index in [1.807, 2.05) is 0 Å². The Bertz CT molecular complexity index is 354. The largest absolute Gasteiger partial charge is 0.480 e. The lowest BCUT2D eigenvalue weighted by atomic mass is 9.85. The van der Waals surface area contributed by atoms with Gasteiger partial charge < -0.3 is 15.2 Å². The molecule has 2 N–H and O–H groups in total. The van der Waals surface area contributed by atoms with Gasteiger partial charge in [0.15, 0.2) is 0 Å². The van der Waals surface area contributed by atoms with E-state index in [1.165, 1.54) is 0 Å². The highest BCUT2D eigenvalue weighted by Crippen LogP contribution is 2.31. The van der Waals surface area contributed by atoms with Crippen LogP contribution in [0.4, 0.5) is 4.79 Å². The van der Waals surface area contributed by atoms with Gasteiger partial charge in [-0.25, -0.2) is 9.59 Å². The number of hydrogen-bond acceptors (Lipinski definition) is 3. The highest BCUT2D eigenvalue weighted by atomic mass is 79.9. The lowest BCUT2D eigenvalue weighted by Crippen LogP contribution is -2.44. The van der Waals surface area contributed by atoms with Crippen LogP contribution in [-0.4, -0.2) is 33.6 Å². The summed E-state index contributed by atoms with van der Waals surface area (Å²) in [6.45, 7) is 5.25. The summed E-state index contributed by atoms with van der Waals surface area (Å²) in [6.07, 6.45) is 3.99. The molecule has 1 aliphatic rings. The van der Waals surface area contributed by atoms with Crippen LogP contribution >= 0.6 is 15.9 Å². The Balaban J connectivity index is 2.52. The molecule has 1 aliphatic carbocycles. The van der Waals surface area contributed by atoms with Gasteiger partial charge in [0.25, 0.3) is 0 Å². The molecule has 0 aromatic heterocycles. The maximum atomic E-state index is 11.7. The normalized spacial score (nSPS) is 24.8. The number of halogens is 1. The van der Waals surface area contributed by atoms with Crippen LogP contribution < -0.4 is 5.32 Å². The van der Waals surface area contributed by atoms with Crippen LogP contribution in [0.15, 0.2) is 0 Å². The standard InChI is InChI=1S/C14H24BrNO4/c1-14(2,3)20-13(19)16-11(12(17)18)8-9-5-4-6-10(15)7-9/h9-11H,4-8H2,1-3H3,(H,16,19)(H,17,18). The van der Waals surface area contributed by atoms with Gasteiger partial charge >= 0.3 is 12.1 Å². The average molecular weight is 350 g/mol. The van der Waals surface area contributed by atoms with Crippen molar-refractivity contribution in [1.29, 1.82) is 0 Å². The van der Waals surface area contributed by atoms with Gasteiger partial charge in [0.1, 0.15) is 11.6 Å². The molecular formula is C14H24BrNO4. The van der Waals surface area contributed by atoms with E-state index in [0.717, 1.165) is 25.7 Å². The van der Waals surface area contributed by atoms with Crippen molar-refractivity contribution in [2.45, 2.75) is 69.3 Å². The maximum Gasteiger partial charge on any atom is 0.408 e. The zero-order chi connectivity index (χ0) is 15.3. The van der Waals surface area contributed by atoms with Crippen LogP contribution in [-0.2, 0) is 9.53 Å². The SMILES string of the molecule is CC(C)(C)OC(=O)NC(CC1CCCC(Br)C1)C(=O)O. The van der Waals surface area contributed by atoms with Crippen molar-refractivity contribution in [3.63, 3.8) is 0 Å². The molecule has 0 aromatic carbocycles. The second-order valence-electron chi connectivity index (χ2n) is 6.40. The third-order valence-electron chi connectivity index (χ3n) is 3.28. The van der Waals surface area contributed by atoms with Crippen LogP contribution in [0, 0.1) is 5.92 Å². The number of rotatable bonds is 4. The van der Waals surface area contributed by atoms with Crippen LogP contribution in [0.25, 0.3) is 0 Å². The molecule has 5 nitrogen and oxygen atoms in total. The number of nitrogens with one attached hydrogen (secondary N) is 1. The lowest BCUT2D eigenvalue weighted by Gasteiger charge is -2.28. The van der Waals surface area contributed by atoms with Crippen molar-refractivity contribution in [3.05, 3.63) is 0 Å². The number of carbonyl (C=O) groups excluding carboxylic acids is 1. The van der Waals surface area contributed by atoms with Crippen molar-refractivity contribution in [3.8, 4) is 0 Å². The molecule has 0 aliphatic heterocycles. The Morgan fingerprint density at radius 1 is 1.40 bits per heavy atom. The molecule has 0 bridgehead atoms. The second-order valence-corrected chi connectivity index (χ2v) is 7.70. The number of ether oxygens (including phenoxy) is 1. The van der Waals surface area contributed by atoms with E-state index in [1.54, 1.807) is 20.8 Å². The predicted octanol–water partition coefficient (Wildman–Crippen LogP) is 3.31. The summed E-state index contributed by atoms with van der Waals surface area (Å²) in [5.74, 6) is -0.684. The summed E-state index contributed by atoms with van der Waals surface area (Å²) >= 11 is 3.59. The Morgan fingerprint density at radius 2 is 2.05 bits per heavy atom. The minimum absolute atomic E-state index is 0.323. The lowest BCUT2D eigenvalue weighted by molar-refractivity contribution is -0.140. The van der Waals surface area contributed by atoms with Crippen LogP contribution in [0.3, 0.4) is 0 Å². The molecule has 1 saturated carbocycles. The Labute approximate surface area is 128 Å². The van der Waals surface area contributed by atoms with Crippen molar-refractivity contribution in [1.82, 2.24) is 5.32 Å². The molecule has 0 saturated heterocycles. The average Bonchev–Trinajstić information content (AvgIpc) is 2.25. The highest BCUT2D eigenvalue weighted by Gasteiger charge is 2.29. The van der Waals surface area contributed by atoms with E-state index in [9.17, 15) is 14.7 Å². The van der Waals surface area contributed by atoms with Crippen LogP contribution in [0.5, 0.6) is 0 Å². The van der Waals surface area contributed by atoms with Gasteiger partial charge in [-0.3, -0.25) is 0 Å². The quantitative estimate of drug-likeness (QED) is 0.763. The van der Waals surface area contributed by atoms with E-state index in [4.69, 9.17) is 4.74 Å². The van der Waals surface area contributed by atoms with Gasteiger partial charge in [0.2, 0.25) is 0 Å². The van der Waals surface area contributed by atoms with Crippen molar-refractivity contribution >= 4 is 28.0 Å². The number of carbonyl (C=O) groups is 2. The Kier molecular flexibility index (Phi) is 6.30. The monoisotopic (exact) mass is 349 g/mol. The fraction of sp³-hybridized carbons (Fsp3) is 0.857. The molecule has 0 aromatic rings. The molecule has 1 amide bonds. The van der Waals surface area contributed by atoms with E-state index < -0.39 is 23.7 Å². The third kappa shape index (κ3) is 6.59. The van der Waals surface area contributed by atoms with Crippen LogP contribution in [0.1, 0.15) is 52.9 Å². The first-order valence-electron chi connectivity index (χ1n) is 7.04. The third-order valence-corrected chi connectivity index (χ3v) is 4.11. The first kappa shape index (κ1) is 17.3. The molecular weight excluding hydrogens is 326 g/mol. The number of aliphatic carboxylic acids is 1. The number of hydrogen-bond donors (Lipinski definition) is 2. The number of alkyl halides is 1. The number of alkyl carbamates (subject to hydrolysis) is 1. The Hall–Kier alpha value is -0.780. The van der Waals surface area contributed by atoms with E-state index in [-0.39, 0.29) is 0 Å². The van der Waals surface area contributed by atoms with E-state index in [0.29, 0.717) is 17.2 Å². The van der Waals surface area contributed by atoms with Crippen molar-refractivity contribution < 1.29 is 19.4 Å². The molecule has 116 valence electrons. The fourth-order valence-electron chi connectivity index (χ4n) is 2.44. The summed E-state index contributed by atoms with van der Waals surface area (Å²) < 4.78 is 5.11. The van der Waals surface area contributed by atoms with Gasteiger partial charge in [-0.2, -0.15) is 0 Å². The van der Waals surface area contributed by atoms with Gasteiger partial charge in [-0.15, -0.1) is 0 Å². The zero-order valence-corrected chi connectivity index (χ0v) is 13.9. The topological polar surface area (TPSA) is 75.6 Å². The summed E-state index contributed by atoms with van der Waals surface area (Å²) in [7, 11) is 0. The first-order valence-corrected chi connectivity index (χ1v) is 7.95. The molecule has 3 unspecified atom stereocenters. The predicted molar refractivity (Wildman–Crippen MR) is 80.1 cm³/mol. The molecule has 3 atom stereocenters. The second kappa shape index (κ2) is 7.29. The molecule has 0 spiro atoms. The van der Waals surface area contributed by atoms with Crippen LogP contribution in [0.2, 0.25) is 0 Å². The van der Waals surface area contributed by atoms with Gasteiger partial charge in [-0.1, -0.05) is 28.8 Å². The molecule has 6 heteroatoms. The van der Waals surface area contributed by atoms with Gasteiger partial charge in [0, 0.05) is 4.83 Å². The summed E-state index contributed by atoms with van der Waals surface area (Å²) in [6, 6.07) is -0.882. The maximum absolute atomic E-state index is 11.7. The first-order chi connectivity index (χ1) is 9.17. The minimum Gasteiger partial charge on any atom is -0.480 e. The van der Waals surface area contributed by atoms with Crippen molar-refractivity contribution in [2.24, 2.45) is 5.92 Å². The summed E-state index contributed by atoms with van der Waals surface area (Å²) in [4.78, 5) is 23.4. The van der Waals surface area contributed by atoms with E-state index in [2.05, 4.69) is 21.2 Å². The minimum atomic E-state index is -1.01. The number of carboxylic acids is 1. The summed E-state index contributed by atoms with van der Waals surface area (Å²) in [5, 5.41) is 11.7. The fourth-order valence-corrected chi connectivity index (χ4v) is 3.30.